The van der Waals surface area contributed by atoms with E-state index in [-0.39, 0.29) is 18.5 Å². The maximum Gasteiger partial charge on any atom is 0.305 e. The van der Waals surface area contributed by atoms with Crippen LogP contribution in [-0.4, -0.2) is 47.4 Å². The summed E-state index contributed by atoms with van der Waals surface area (Å²) in [7, 11) is 0. The largest absolute Gasteiger partial charge is 0.466 e. The van der Waals surface area contributed by atoms with Gasteiger partial charge in [-0.1, -0.05) is 198 Å². The van der Waals surface area contributed by atoms with E-state index in [4.69, 9.17) is 4.74 Å². The van der Waals surface area contributed by atoms with Crippen LogP contribution in [0.1, 0.15) is 258 Å². The highest BCUT2D eigenvalue weighted by atomic mass is 16.5. The molecule has 58 heavy (non-hydrogen) atoms. The molecule has 6 nitrogen and oxygen atoms in total. The predicted molar refractivity (Wildman–Crippen MR) is 250 cm³/mol. The fourth-order valence-corrected chi connectivity index (χ4v) is 7.49. The zero-order chi connectivity index (χ0) is 42.3. The Morgan fingerprint density at radius 3 is 1.38 bits per heavy atom. The van der Waals surface area contributed by atoms with Crippen LogP contribution in [0.4, 0.5) is 0 Å². The molecule has 340 valence electrons. The topological polar surface area (TPSA) is 95.9 Å². The highest BCUT2D eigenvalue weighted by Gasteiger charge is 2.20. The highest BCUT2D eigenvalue weighted by molar-refractivity contribution is 5.76. The molecule has 0 fully saturated rings. The molecule has 0 rings (SSSR count). The summed E-state index contributed by atoms with van der Waals surface area (Å²) >= 11 is 0. The summed E-state index contributed by atoms with van der Waals surface area (Å²) < 4.78 is 5.46. The van der Waals surface area contributed by atoms with E-state index in [9.17, 15) is 19.8 Å². The van der Waals surface area contributed by atoms with Crippen molar-refractivity contribution in [1.29, 1.82) is 0 Å². The molecular weight excluding hydrogens is 719 g/mol. The molecule has 0 radical (unpaired) electrons. The molecule has 0 saturated heterocycles. The number of rotatable bonds is 46. The fourth-order valence-electron chi connectivity index (χ4n) is 7.49. The van der Waals surface area contributed by atoms with Crippen molar-refractivity contribution in [3.05, 3.63) is 36.5 Å². The third-order valence-electron chi connectivity index (χ3n) is 11.4. The average molecular weight is 816 g/mol. The number of unbranched alkanes of at least 4 members (excludes halogenated alkanes) is 29. The Morgan fingerprint density at radius 2 is 0.862 bits per heavy atom. The van der Waals surface area contributed by atoms with Crippen molar-refractivity contribution in [2.75, 3.05) is 13.2 Å². The second-order valence-electron chi connectivity index (χ2n) is 17.1. The molecule has 2 unspecified atom stereocenters. The summed E-state index contributed by atoms with van der Waals surface area (Å²) in [5, 5.41) is 23.1. The van der Waals surface area contributed by atoms with E-state index in [0.29, 0.717) is 25.9 Å². The Bertz CT molecular complexity index is 946. The minimum Gasteiger partial charge on any atom is -0.466 e. The van der Waals surface area contributed by atoms with Crippen LogP contribution in [0.3, 0.4) is 0 Å². The minimum absolute atomic E-state index is 0.0211. The Labute approximate surface area is 360 Å². The smallest absolute Gasteiger partial charge is 0.305 e. The van der Waals surface area contributed by atoms with Gasteiger partial charge in [0.1, 0.15) is 0 Å². The molecule has 0 aliphatic heterocycles. The van der Waals surface area contributed by atoms with Crippen molar-refractivity contribution in [2.24, 2.45) is 0 Å². The summed E-state index contributed by atoms with van der Waals surface area (Å²) in [6.07, 6.45) is 56.8. The number of hydrogen-bond acceptors (Lipinski definition) is 5. The van der Waals surface area contributed by atoms with Crippen LogP contribution in [0.5, 0.6) is 0 Å². The van der Waals surface area contributed by atoms with E-state index in [2.05, 4.69) is 55.6 Å². The number of allylic oxidation sites excluding steroid dienone is 6. The second-order valence-corrected chi connectivity index (χ2v) is 17.1. The summed E-state index contributed by atoms with van der Waals surface area (Å²) in [6, 6.07) is -0.561. The lowest BCUT2D eigenvalue weighted by Crippen LogP contribution is -2.45. The van der Waals surface area contributed by atoms with Gasteiger partial charge in [0.05, 0.1) is 25.4 Å². The molecule has 0 bridgehead atoms. The molecular formula is C52H97NO5. The SMILES string of the molecule is CCCCC/C=C\C/C=C\CCCCCCCCCC(=O)OCCCCCCCC/C=C\CCCCCC(=O)NC(CO)C(O)CCCCCCCCCCCCC. The van der Waals surface area contributed by atoms with Crippen LogP contribution in [-0.2, 0) is 14.3 Å². The van der Waals surface area contributed by atoms with Gasteiger partial charge >= 0.3 is 5.97 Å². The number of hydrogen-bond donors (Lipinski definition) is 3. The number of amides is 1. The van der Waals surface area contributed by atoms with E-state index in [1.54, 1.807) is 0 Å². The highest BCUT2D eigenvalue weighted by Crippen LogP contribution is 2.15. The van der Waals surface area contributed by atoms with Crippen molar-refractivity contribution in [3.63, 3.8) is 0 Å². The van der Waals surface area contributed by atoms with Gasteiger partial charge in [-0.2, -0.15) is 0 Å². The number of ether oxygens (including phenoxy) is 1. The molecule has 0 aromatic rings. The second kappa shape index (κ2) is 47.8. The maximum absolute atomic E-state index is 12.4. The number of nitrogens with one attached hydrogen (secondary N) is 1. The van der Waals surface area contributed by atoms with Crippen LogP contribution in [0, 0.1) is 0 Å². The van der Waals surface area contributed by atoms with Gasteiger partial charge < -0.3 is 20.3 Å². The Hall–Kier alpha value is -1.92. The molecule has 0 saturated carbocycles. The first kappa shape index (κ1) is 56.1. The number of aliphatic hydroxyl groups excluding tert-OH is 2. The van der Waals surface area contributed by atoms with E-state index in [0.717, 1.165) is 77.0 Å². The van der Waals surface area contributed by atoms with Crippen molar-refractivity contribution >= 4 is 11.9 Å². The van der Waals surface area contributed by atoms with Crippen LogP contribution in [0.15, 0.2) is 36.5 Å². The van der Waals surface area contributed by atoms with E-state index in [1.807, 2.05) is 0 Å². The zero-order valence-electron chi connectivity index (χ0n) is 38.5. The van der Waals surface area contributed by atoms with Gasteiger partial charge in [-0.25, -0.2) is 0 Å². The molecule has 0 heterocycles. The van der Waals surface area contributed by atoms with E-state index in [1.165, 1.54) is 148 Å². The van der Waals surface area contributed by atoms with Gasteiger partial charge in [0.15, 0.2) is 0 Å². The van der Waals surface area contributed by atoms with Crippen molar-refractivity contribution < 1.29 is 24.5 Å². The van der Waals surface area contributed by atoms with Crippen molar-refractivity contribution in [1.82, 2.24) is 5.32 Å². The van der Waals surface area contributed by atoms with Crippen molar-refractivity contribution in [3.8, 4) is 0 Å². The minimum atomic E-state index is -0.680. The molecule has 0 aromatic heterocycles. The predicted octanol–water partition coefficient (Wildman–Crippen LogP) is 14.9. The van der Waals surface area contributed by atoms with Gasteiger partial charge in [-0.15, -0.1) is 0 Å². The van der Waals surface area contributed by atoms with Gasteiger partial charge in [-0.3, -0.25) is 9.59 Å². The van der Waals surface area contributed by atoms with Gasteiger partial charge in [0, 0.05) is 12.8 Å². The summed E-state index contributed by atoms with van der Waals surface area (Å²) in [5.41, 5.74) is 0. The first-order valence-electron chi connectivity index (χ1n) is 25.2. The molecule has 3 N–H and O–H groups in total. The lowest BCUT2D eigenvalue weighted by molar-refractivity contribution is -0.143. The third kappa shape index (κ3) is 43.7. The van der Waals surface area contributed by atoms with Gasteiger partial charge in [0.2, 0.25) is 5.91 Å². The van der Waals surface area contributed by atoms with Gasteiger partial charge in [-0.05, 0) is 83.5 Å². The summed E-state index contributed by atoms with van der Waals surface area (Å²) in [4.78, 5) is 24.4. The number of carbonyl (C=O) groups excluding carboxylic acids is 2. The molecule has 0 aliphatic carbocycles. The molecule has 0 aromatic carbocycles. The maximum atomic E-state index is 12.4. The number of aliphatic hydroxyl groups is 2. The van der Waals surface area contributed by atoms with Crippen LogP contribution in [0.25, 0.3) is 0 Å². The molecule has 0 spiro atoms. The number of esters is 1. The van der Waals surface area contributed by atoms with Crippen LogP contribution < -0.4 is 5.32 Å². The average Bonchev–Trinajstić information content (AvgIpc) is 3.22. The molecule has 0 aliphatic rings. The zero-order valence-corrected chi connectivity index (χ0v) is 38.5. The quantitative estimate of drug-likeness (QED) is 0.0323. The van der Waals surface area contributed by atoms with E-state index < -0.39 is 12.1 Å². The summed E-state index contributed by atoms with van der Waals surface area (Å²) in [6.45, 7) is 4.86. The van der Waals surface area contributed by atoms with Crippen LogP contribution >= 0.6 is 0 Å². The lowest BCUT2D eigenvalue weighted by atomic mass is 10.0. The standard InChI is InChI=1S/C52H97NO5/c1-3-5-7-9-11-13-15-16-17-18-19-22-26-30-34-38-42-46-52(57)58-47-43-39-35-31-27-23-20-21-25-29-33-37-41-45-51(56)53-49(48-54)50(55)44-40-36-32-28-24-14-12-10-8-6-4-2/h11,13,16-17,21,25,49-50,54-55H,3-10,12,14-15,18-20,22-24,26-48H2,1-2H3,(H,53,56)/b13-11-,17-16-,25-21-. The summed E-state index contributed by atoms with van der Waals surface area (Å²) in [5.74, 6) is -0.0886. The third-order valence-corrected chi connectivity index (χ3v) is 11.4. The first-order valence-corrected chi connectivity index (χ1v) is 25.2. The molecule has 2 atom stereocenters. The Kier molecular flexibility index (Phi) is 46.2. The van der Waals surface area contributed by atoms with E-state index >= 15 is 0 Å². The molecule has 6 heteroatoms. The van der Waals surface area contributed by atoms with Crippen LogP contribution in [0.2, 0.25) is 0 Å². The van der Waals surface area contributed by atoms with Gasteiger partial charge in [0.25, 0.3) is 0 Å². The molecule has 1 amide bonds. The number of carbonyl (C=O) groups is 2. The Morgan fingerprint density at radius 1 is 0.483 bits per heavy atom. The first-order chi connectivity index (χ1) is 28.5. The monoisotopic (exact) mass is 816 g/mol. The normalized spacial score (nSPS) is 13.0. The lowest BCUT2D eigenvalue weighted by Gasteiger charge is -2.22. The van der Waals surface area contributed by atoms with Crippen molar-refractivity contribution in [2.45, 2.75) is 270 Å². The fraction of sp³-hybridized carbons (Fsp3) is 0.846. The Balaban J connectivity index is 3.49.